The van der Waals surface area contributed by atoms with Crippen LogP contribution in [0.3, 0.4) is 0 Å². The summed E-state index contributed by atoms with van der Waals surface area (Å²) in [6.07, 6.45) is 3.35. The third kappa shape index (κ3) is 2.39. The minimum absolute atomic E-state index is 0.345. The van der Waals surface area contributed by atoms with Crippen molar-refractivity contribution in [3.8, 4) is 0 Å². The van der Waals surface area contributed by atoms with E-state index in [2.05, 4.69) is 4.74 Å². The molecule has 0 amide bonds. The maximum absolute atomic E-state index is 10.9. The zero-order valence-corrected chi connectivity index (χ0v) is 9.16. The molecule has 0 spiro atoms. The molecule has 0 atom stereocenters. The van der Waals surface area contributed by atoms with Crippen molar-refractivity contribution in [1.29, 1.82) is 0 Å². The van der Waals surface area contributed by atoms with Gasteiger partial charge in [0.15, 0.2) is 0 Å². The molecule has 0 fully saturated rings. The number of rotatable bonds is 3. The molecule has 0 aliphatic rings. The van der Waals surface area contributed by atoms with Gasteiger partial charge in [0.1, 0.15) is 35.2 Å². The molecule has 1 aromatic heterocycles. The smallest absolute Gasteiger partial charge is 0.339 e. The van der Waals surface area contributed by atoms with Crippen LogP contribution in [0, 0.1) is 0 Å². The Bertz CT molecular complexity index is 276. The molecule has 66 valence electrons. The number of methoxy groups -OCH3 is 1. The summed E-state index contributed by atoms with van der Waals surface area (Å²) in [5.74, 6) is -0.345. The molecule has 6 heteroatoms. The van der Waals surface area contributed by atoms with Gasteiger partial charge in [-0.15, -0.1) is 0 Å². The van der Waals surface area contributed by atoms with Crippen LogP contribution >= 0.6 is 35.2 Å². The molecule has 0 unspecified atom stereocenters. The van der Waals surface area contributed by atoms with E-state index in [9.17, 15) is 4.79 Å². The molecule has 0 saturated carbocycles. The lowest BCUT2D eigenvalue weighted by Gasteiger charge is -1.94. The van der Waals surface area contributed by atoms with Gasteiger partial charge in [-0.2, -0.15) is 0 Å². The Morgan fingerprint density at radius 1 is 1.75 bits per heavy atom. The molecule has 1 rings (SSSR count). The van der Waals surface area contributed by atoms with Crippen LogP contribution in [0.25, 0.3) is 0 Å². The lowest BCUT2D eigenvalue weighted by molar-refractivity contribution is 0.0601. The first-order chi connectivity index (χ1) is 5.77. The number of hydrogen-bond acceptors (Lipinski definition) is 4. The van der Waals surface area contributed by atoms with Crippen molar-refractivity contribution in [2.75, 3.05) is 7.11 Å². The Morgan fingerprint density at radius 2 is 2.50 bits per heavy atom. The monoisotopic (exact) mass is 299 g/mol. The number of ether oxygens (including phenoxy) is 1. The fourth-order valence-electron chi connectivity index (χ4n) is 0.694. The van der Waals surface area contributed by atoms with Gasteiger partial charge < -0.3 is 4.74 Å². The molecule has 1 aromatic rings. The second-order valence-electron chi connectivity index (χ2n) is 1.89. The number of nitrogens with zero attached hydrogens (tertiary/aromatic N) is 1. The van der Waals surface area contributed by atoms with E-state index in [0.29, 0.717) is 5.56 Å². The molecule has 1 heterocycles. The summed E-state index contributed by atoms with van der Waals surface area (Å²) < 4.78 is 10.9. The first-order valence-corrected chi connectivity index (χ1v) is 4.58. The Hall–Kier alpha value is -0.210. The van der Waals surface area contributed by atoms with Gasteiger partial charge in [0.05, 0.1) is 12.7 Å². The summed E-state index contributed by atoms with van der Waals surface area (Å²) in [6.45, 7) is 0. The van der Waals surface area contributed by atoms with Crippen LogP contribution in [0.5, 0.6) is 0 Å². The fraction of sp³-hybridized carbons (Fsp3) is 0.167. The Morgan fingerprint density at radius 3 is 3.08 bits per heavy atom. The standard InChI is InChI=1S/C6H6INO3S/c1-10-6(9)5-2-3-8(4-5)12-11-7/h2-4H,1H3. The lowest BCUT2D eigenvalue weighted by Crippen LogP contribution is -1.98. The summed E-state index contributed by atoms with van der Waals surface area (Å²) in [5, 5.41) is 0. The SMILES string of the molecule is COC(=O)c1ccn(SOI)c1. The highest BCUT2D eigenvalue weighted by Crippen LogP contribution is 2.14. The van der Waals surface area contributed by atoms with E-state index in [1.165, 1.54) is 7.11 Å². The van der Waals surface area contributed by atoms with Gasteiger partial charge in [0.2, 0.25) is 0 Å². The van der Waals surface area contributed by atoms with Crippen molar-refractivity contribution < 1.29 is 12.0 Å². The van der Waals surface area contributed by atoms with Gasteiger partial charge in [-0.3, -0.25) is 3.97 Å². The highest BCUT2D eigenvalue weighted by molar-refractivity contribution is 14.1. The van der Waals surface area contributed by atoms with Gasteiger partial charge in [-0.05, 0) is 6.07 Å². The molecule has 4 nitrogen and oxygen atoms in total. The van der Waals surface area contributed by atoms with Crippen molar-refractivity contribution in [3.63, 3.8) is 0 Å². The Kier molecular flexibility index (Phi) is 3.89. The summed E-state index contributed by atoms with van der Waals surface area (Å²) in [4.78, 5) is 10.9. The number of aromatic nitrogens is 1. The molecule has 0 aliphatic heterocycles. The molecular weight excluding hydrogens is 293 g/mol. The Balaban J connectivity index is 2.70. The predicted octanol–water partition coefficient (Wildman–Crippen LogP) is 2.05. The van der Waals surface area contributed by atoms with Gasteiger partial charge in [0.25, 0.3) is 0 Å². The van der Waals surface area contributed by atoms with Crippen LogP contribution in [0.1, 0.15) is 10.4 Å². The van der Waals surface area contributed by atoms with Crippen molar-refractivity contribution >= 4 is 41.2 Å². The van der Waals surface area contributed by atoms with E-state index in [0.717, 1.165) is 12.2 Å². The fourth-order valence-corrected chi connectivity index (χ4v) is 1.58. The van der Waals surface area contributed by atoms with Crippen molar-refractivity contribution in [2.45, 2.75) is 0 Å². The van der Waals surface area contributed by atoms with Crippen molar-refractivity contribution in [1.82, 2.24) is 3.97 Å². The summed E-state index contributed by atoms with van der Waals surface area (Å²) >= 11 is 2.87. The van der Waals surface area contributed by atoms with Gasteiger partial charge >= 0.3 is 5.97 Å². The topological polar surface area (TPSA) is 40.5 Å². The Labute approximate surface area is 88.2 Å². The molecule has 0 bridgehead atoms. The minimum atomic E-state index is -0.345. The van der Waals surface area contributed by atoms with Gasteiger partial charge in [-0.1, -0.05) is 0 Å². The summed E-state index contributed by atoms with van der Waals surface area (Å²) in [7, 11) is 1.35. The van der Waals surface area contributed by atoms with Gasteiger partial charge in [-0.25, -0.2) is 7.31 Å². The average Bonchev–Trinajstić information content (AvgIpc) is 2.52. The highest BCUT2D eigenvalue weighted by Gasteiger charge is 2.06. The number of halogens is 1. The number of carbonyl (C=O) groups is 1. The van der Waals surface area contributed by atoms with E-state index >= 15 is 0 Å². The minimum Gasteiger partial charge on any atom is -0.465 e. The maximum atomic E-state index is 10.9. The third-order valence-electron chi connectivity index (χ3n) is 1.20. The number of esters is 1. The second-order valence-corrected chi connectivity index (χ2v) is 3.66. The van der Waals surface area contributed by atoms with Crippen LogP contribution in [0.15, 0.2) is 18.5 Å². The van der Waals surface area contributed by atoms with Crippen LogP contribution < -0.4 is 0 Å². The zero-order chi connectivity index (χ0) is 8.97. The lowest BCUT2D eigenvalue weighted by atomic mass is 10.3. The van der Waals surface area contributed by atoms with E-state index in [-0.39, 0.29) is 5.97 Å². The number of hydrogen-bond donors (Lipinski definition) is 0. The molecule has 0 saturated heterocycles. The molecule has 0 aliphatic carbocycles. The van der Waals surface area contributed by atoms with Gasteiger partial charge in [0, 0.05) is 12.4 Å². The van der Waals surface area contributed by atoms with Crippen molar-refractivity contribution in [2.24, 2.45) is 0 Å². The van der Waals surface area contributed by atoms with Crippen molar-refractivity contribution in [3.05, 3.63) is 24.0 Å². The first kappa shape index (κ1) is 9.87. The normalized spacial score (nSPS) is 9.83. The van der Waals surface area contributed by atoms with E-state index in [1.807, 2.05) is 0 Å². The second kappa shape index (κ2) is 4.73. The summed E-state index contributed by atoms with van der Waals surface area (Å²) in [6, 6.07) is 1.66. The highest BCUT2D eigenvalue weighted by atomic mass is 127. The molecular formula is C6H6INO3S. The van der Waals surface area contributed by atoms with E-state index in [1.54, 1.807) is 45.4 Å². The maximum Gasteiger partial charge on any atom is 0.339 e. The number of carbonyl (C=O) groups excluding carboxylic acids is 1. The summed E-state index contributed by atoms with van der Waals surface area (Å²) in [5.41, 5.74) is 0.512. The zero-order valence-electron chi connectivity index (χ0n) is 6.19. The first-order valence-electron chi connectivity index (χ1n) is 3.00. The molecule has 0 N–H and O–H groups in total. The molecule has 0 aromatic carbocycles. The molecule has 0 radical (unpaired) electrons. The quantitative estimate of drug-likeness (QED) is 0.486. The van der Waals surface area contributed by atoms with Crippen LogP contribution in [0.4, 0.5) is 0 Å². The van der Waals surface area contributed by atoms with Crippen LogP contribution in [-0.4, -0.2) is 17.1 Å². The van der Waals surface area contributed by atoms with E-state index in [4.69, 9.17) is 2.51 Å². The average molecular weight is 299 g/mol. The van der Waals surface area contributed by atoms with Crippen LogP contribution in [-0.2, 0) is 7.25 Å². The largest absolute Gasteiger partial charge is 0.465 e. The predicted molar refractivity (Wildman–Crippen MR) is 53.9 cm³/mol. The van der Waals surface area contributed by atoms with E-state index < -0.39 is 0 Å². The third-order valence-corrected chi connectivity index (χ3v) is 2.14. The van der Waals surface area contributed by atoms with Crippen LogP contribution in [0.2, 0.25) is 0 Å². The molecule has 12 heavy (non-hydrogen) atoms.